The summed E-state index contributed by atoms with van der Waals surface area (Å²) in [6.45, 7) is 2.74. The number of carbonyl (C=O) groups excluding carboxylic acids is 1. The molecule has 4 heteroatoms. The van der Waals surface area contributed by atoms with Gasteiger partial charge >= 0.3 is 0 Å². The van der Waals surface area contributed by atoms with Gasteiger partial charge in [0.05, 0.1) is 12.1 Å². The Morgan fingerprint density at radius 1 is 1.35 bits per heavy atom. The van der Waals surface area contributed by atoms with Crippen LogP contribution >= 0.6 is 11.3 Å². The van der Waals surface area contributed by atoms with Gasteiger partial charge in [-0.3, -0.25) is 9.48 Å². The first-order chi connectivity index (χ1) is 9.76. The summed E-state index contributed by atoms with van der Waals surface area (Å²) in [7, 11) is 0. The Kier molecular flexibility index (Phi) is 3.48. The molecule has 3 nitrogen and oxygen atoms in total. The number of rotatable bonds is 4. The van der Waals surface area contributed by atoms with Crippen molar-refractivity contribution in [2.24, 2.45) is 0 Å². The maximum atomic E-state index is 11.2. The van der Waals surface area contributed by atoms with E-state index in [2.05, 4.69) is 30.2 Å². The van der Waals surface area contributed by atoms with Gasteiger partial charge in [-0.05, 0) is 23.9 Å². The van der Waals surface area contributed by atoms with Crippen molar-refractivity contribution < 1.29 is 4.79 Å². The highest BCUT2D eigenvalue weighted by Crippen LogP contribution is 2.23. The van der Waals surface area contributed by atoms with Crippen LogP contribution in [0.5, 0.6) is 0 Å². The van der Waals surface area contributed by atoms with Crippen LogP contribution in [0.3, 0.4) is 0 Å². The Hall–Kier alpha value is -2.20. The summed E-state index contributed by atoms with van der Waals surface area (Å²) in [6.07, 6.45) is 2.68. The summed E-state index contributed by atoms with van der Waals surface area (Å²) in [5.74, 6) is 0. The maximum absolute atomic E-state index is 11.2. The fourth-order valence-corrected chi connectivity index (χ4v) is 2.87. The SMILES string of the molecule is Cc1cccc(Cn2cc(C=O)c(-c3ccsc3)n2)c1. The monoisotopic (exact) mass is 282 g/mol. The molecule has 20 heavy (non-hydrogen) atoms. The number of nitrogens with zero attached hydrogens (tertiary/aromatic N) is 2. The minimum atomic E-state index is 0.635. The Balaban J connectivity index is 1.93. The third kappa shape index (κ3) is 2.56. The second-order valence-electron chi connectivity index (χ2n) is 4.75. The lowest BCUT2D eigenvalue weighted by atomic mass is 10.1. The van der Waals surface area contributed by atoms with Crippen LogP contribution < -0.4 is 0 Å². The molecule has 100 valence electrons. The van der Waals surface area contributed by atoms with E-state index in [1.807, 2.05) is 33.8 Å². The predicted octanol–water partition coefficient (Wildman–Crippen LogP) is 3.78. The molecular formula is C16H14N2OS. The van der Waals surface area contributed by atoms with E-state index in [9.17, 15) is 4.79 Å². The molecule has 0 N–H and O–H groups in total. The standard InChI is InChI=1S/C16H14N2OS/c1-12-3-2-4-13(7-12)8-18-9-15(10-19)16(17-18)14-5-6-20-11-14/h2-7,9-11H,8H2,1H3. The number of carbonyl (C=O) groups is 1. The average Bonchev–Trinajstić information content (AvgIpc) is 3.06. The van der Waals surface area contributed by atoms with Gasteiger partial charge in [-0.1, -0.05) is 29.8 Å². The van der Waals surface area contributed by atoms with E-state index >= 15 is 0 Å². The van der Waals surface area contributed by atoms with Gasteiger partial charge in [-0.15, -0.1) is 0 Å². The zero-order valence-electron chi connectivity index (χ0n) is 11.1. The lowest BCUT2D eigenvalue weighted by molar-refractivity contribution is 0.112. The Bertz CT molecular complexity index is 729. The molecule has 0 spiro atoms. The van der Waals surface area contributed by atoms with E-state index in [0.29, 0.717) is 12.1 Å². The molecule has 3 rings (SSSR count). The van der Waals surface area contributed by atoms with Crippen molar-refractivity contribution in [1.82, 2.24) is 9.78 Å². The van der Waals surface area contributed by atoms with E-state index in [0.717, 1.165) is 17.5 Å². The van der Waals surface area contributed by atoms with Crippen molar-refractivity contribution in [3.8, 4) is 11.3 Å². The van der Waals surface area contributed by atoms with Gasteiger partial charge in [0.1, 0.15) is 5.69 Å². The summed E-state index contributed by atoms with van der Waals surface area (Å²) >= 11 is 1.60. The van der Waals surface area contributed by atoms with Gasteiger partial charge in [-0.25, -0.2) is 0 Å². The summed E-state index contributed by atoms with van der Waals surface area (Å²) in [6, 6.07) is 10.3. The quantitative estimate of drug-likeness (QED) is 0.683. The fraction of sp³-hybridized carbons (Fsp3) is 0.125. The predicted molar refractivity (Wildman–Crippen MR) is 81.2 cm³/mol. The van der Waals surface area contributed by atoms with Crippen LogP contribution in [-0.2, 0) is 6.54 Å². The largest absolute Gasteiger partial charge is 0.298 e. The minimum absolute atomic E-state index is 0.635. The summed E-state index contributed by atoms with van der Waals surface area (Å²) in [5, 5.41) is 8.54. The summed E-state index contributed by atoms with van der Waals surface area (Å²) in [4.78, 5) is 11.2. The number of aldehydes is 1. The Morgan fingerprint density at radius 2 is 2.25 bits per heavy atom. The van der Waals surface area contributed by atoms with E-state index in [4.69, 9.17) is 0 Å². The van der Waals surface area contributed by atoms with Gasteiger partial charge in [0.15, 0.2) is 6.29 Å². The minimum Gasteiger partial charge on any atom is -0.298 e. The van der Waals surface area contributed by atoms with E-state index in [-0.39, 0.29) is 0 Å². The zero-order valence-corrected chi connectivity index (χ0v) is 11.9. The molecule has 0 amide bonds. The van der Waals surface area contributed by atoms with Crippen LogP contribution in [0.4, 0.5) is 0 Å². The first kappa shape index (κ1) is 12.8. The zero-order chi connectivity index (χ0) is 13.9. The molecule has 0 saturated carbocycles. The molecule has 1 aromatic carbocycles. The lowest BCUT2D eigenvalue weighted by Gasteiger charge is -2.02. The molecule has 0 unspecified atom stereocenters. The molecule has 0 aliphatic heterocycles. The third-order valence-corrected chi connectivity index (χ3v) is 3.82. The fourth-order valence-electron chi connectivity index (χ4n) is 2.23. The van der Waals surface area contributed by atoms with Crippen molar-refractivity contribution in [2.75, 3.05) is 0 Å². The molecule has 0 aliphatic carbocycles. The van der Waals surface area contributed by atoms with E-state index in [1.165, 1.54) is 11.1 Å². The van der Waals surface area contributed by atoms with Crippen molar-refractivity contribution in [3.05, 3.63) is 64.0 Å². The molecule has 3 aromatic rings. The number of hydrogen-bond donors (Lipinski definition) is 0. The highest BCUT2D eigenvalue weighted by atomic mass is 32.1. The highest BCUT2D eigenvalue weighted by molar-refractivity contribution is 7.08. The highest BCUT2D eigenvalue weighted by Gasteiger charge is 2.11. The van der Waals surface area contributed by atoms with Crippen LogP contribution in [0.15, 0.2) is 47.3 Å². The summed E-state index contributed by atoms with van der Waals surface area (Å²) in [5.41, 5.74) is 4.80. The molecule has 0 atom stereocenters. The van der Waals surface area contributed by atoms with Gasteiger partial charge in [0.25, 0.3) is 0 Å². The van der Waals surface area contributed by atoms with Gasteiger partial charge in [0, 0.05) is 17.1 Å². The van der Waals surface area contributed by atoms with E-state index in [1.54, 1.807) is 11.3 Å². The Morgan fingerprint density at radius 3 is 2.95 bits per heavy atom. The topological polar surface area (TPSA) is 34.9 Å². The molecule has 0 saturated heterocycles. The van der Waals surface area contributed by atoms with Crippen LogP contribution in [0.1, 0.15) is 21.5 Å². The molecule has 0 aliphatic rings. The van der Waals surface area contributed by atoms with Crippen LogP contribution in [0.2, 0.25) is 0 Å². The molecule has 2 heterocycles. The van der Waals surface area contributed by atoms with Gasteiger partial charge in [-0.2, -0.15) is 16.4 Å². The molecule has 0 radical (unpaired) electrons. The average molecular weight is 282 g/mol. The Labute approximate surface area is 121 Å². The molecular weight excluding hydrogens is 268 g/mol. The maximum Gasteiger partial charge on any atom is 0.153 e. The van der Waals surface area contributed by atoms with Gasteiger partial charge in [0.2, 0.25) is 0 Å². The van der Waals surface area contributed by atoms with Crippen LogP contribution in [0, 0.1) is 6.92 Å². The van der Waals surface area contributed by atoms with Crippen LogP contribution in [0.25, 0.3) is 11.3 Å². The number of aryl methyl sites for hydroxylation is 1. The van der Waals surface area contributed by atoms with Crippen molar-refractivity contribution in [1.29, 1.82) is 0 Å². The molecule has 0 fully saturated rings. The van der Waals surface area contributed by atoms with Gasteiger partial charge < -0.3 is 0 Å². The summed E-state index contributed by atoms with van der Waals surface area (Å²) < 4.78 is 1.82. The van der Waals surface area contributed by atoms with E-state index < -0.39 is 0 Å². The number of aromatic nitrogens is 2. The third-order valence-electron chi connectivity index (χ3n) is 3.14. The lowest BCUT2D eigenvalue weighted by Crippen LogP contribution is -2.00. The second-order valence-corrected chi connectivity index (χ2v) is 5.53. The smallest absolute Gasteiger partial charge is 0.153 e. The molecule has 0 bridgehead atoms. The second kappa shape index (κ2) is 5.43. The van der Waals surface area contributed by atoms with Crippen molar-refractivity contribution in [3.63, 3.8) is 0 Å². The van der Waals surface area contributed by atoms with Crippen LogP contribution in [-0.4, -0.2) is 16.1 Å². The van der Waals surface area contributed by atoms with Crippen molar-refractivity contribution >= 4 is 17.6 Å². The first-order valence-electron chi connectivity index (χ1n) is 6.37. The number of hydrogen-bond acceptors (Lipinski definition) is 3. The first-order valence-corrected chi connectivity index (χ1v) is 7.31. The number of benzene rings is 1. The normalized spacial score (nSPS) is 10.7. The van der Waals surface area contributed by atoms with Crippen molar-refractivity contribution in [2.45, 2.75) is 13.5 Å². The number of thiophene rings is 1. The molecule has 2 aromatic heterocycles.